The summed E-state index contributed by atoms with van der Waals surface area (Å²) in [6.45, 7) is 1.25. The fraction of sp³-hybridized carbons (Fsp3) is 0.636. The zero-order valence-corrected chi connectivity index (χ0v) is 8.53. The Labute approximate surface area is 80.2 Å². The Bertz CT molecular complexity index is 277. The van der Waals surface area contributed by atoms with Crippen molar-refractivity contribution in [3.63, 3.8) is 0 Å². The van der Waals surface area contributed by atoms with Crippen LogP contribution in [0.4, 0.5) is 0 Å². The molecule has 1 aromatic rings. The van der Waals surface area contributed by atoms with E-state index in [0.717, 1.165) is 0 Å². The van der Waals surface area contributed by atoms with Gasteiger partial charge in [0.2, 0.25) is 0 Å². The van der Waals surface area contributed by atoms with E-state index in [4.69, 9.17) is 0 Å². The molecule has 2 heterocycles. The van der Waals surface area contributed by atoms with Crippen LogP contribution in [0.2, 0.25) is 0 Å². The quantitative estimate of drug-likeness (QED) is 0.640. The molecule has 2 nitrogen and oxygen atoms in total. The van der Waals surface area contributed by atoms with E-state index in [-0.39, 0.29) is 0 Å². The van der Waals surface area contributed by atoms with Crippen LogP contribution < -0.4 is 0 Å². The van der Waals surface area contributed by atoms with E-state index in [1.165, 1.54) is 31.5 Å². The minimum atomic E-state index is 0.647. The molecule has 0 radical (unpaired) electrons. The van der Waals surface area contributed by atoms with Gasteiger partial charge in [0.25, 0.3) is 0 Å². The molecule has 0 aliphatic carbocycles. The van der Waals surface area contributed by atoms with Crippen molar-refractivity contribution in [3.8, 4) is 0 Å². The van der Waals surface area contributed by atoms with Crippen molar-refractivity contribution < 1.29 is 0 Å². The highest BCUT2D eigenvalue weighted by Crippen LogP contribution is 2.28. The maximum Gasteiger partial charge on any atom is 0.0497 e. The molecule has 0 saturated carbocycles. The van der Waals surface area contributed by atoms with Gasteiger partial charge in [-0.3, -0.25) is 4.90 Å². The average Bonchev–Trinajstić information content (AvgIpc) is 2.52. The van der Waals surface area contributed by atoms with Crippen LogP contribution >= 0.6 is 0 Å². The maximum absolute atomic E-state index is 2.47. The summed E-state index contributed by atoms with van der Waals surface area (Å²) in [5.41, 5.74) is 1.46. The molecule has 0 aromatic carbocycles. The Morgan fingerprint density at radius 2 is 2.15 bits per heavy atom. The third kappa shape index (κ3) is 1.63. The number of hydrogen-bond acceptors (Lipinski definition) is 1. The summed E-state index contributed by atoms with van der Waals surface area (Å²) in [6, 6.07) is 5.03. The van der Waals surface area contributed by atoms with E-state index in [0.29, 0.717) is 6.04 Å². The van der Waals surface area contributed by atoms with E-state index in [2.05, 4.69) is 41.9 Å². The predicted molar refractivity (Wildman–Crippen MR) is 54.6 cm³/mol. The third-order valence-corrected chi connectivity index (χ3v) is 3.10. The fourth-order valence-corrected chi connectivity index (χ4v) is 2.27. The Morgan fingerprint density at radius 1 is 1.31 bits per heavy atom. The number of rotatable bonds is 1. The lowest BCUT2D eigenvalue weighted by molar-refractivity contribution is 0.181. The minimum absolute atomic E-state index is 0.647. The van der Waals surface area contributed by atoms with E-state index < -0.39 is 0 Å². The van der Waals surface area contributed by atoms with Gasteiger partial charge in [-0.25, -0.2) is 0 Å². The molecule has 13 heavy (non-hydrogen) atoms. The molecule has 1 unspecified atom stereocenters. The molecule has 0 bridgehead atoms. The van der Waals surface area contributed by atoms with E-state index in [9.17, 15) is 0 Å². The molecule has 0 amide bonds. The molecule has 2 rings (SSSR count). The molecule has 1 aromatic heterocycles. The second-order valence-corrected chi connectivity index (χ2v) is 4.04. The Morgan fingerprint density at radius 3 is 2.77 bits per heavy atom. The fourth-order valence-electron chi connectivity index (χ4n) is 2.27. The van der Waals surface area contributed by atoms with Crippen LogP contribution in [0.25, 0.3) is 0 Å². The van der Waals surface area contributed by atoms with Gasteiger partial charge >= 0.3 is 0 Å². The van der Waals surface area contributed by atoms with Crippen LogP contribution in [0.5, 0.6) is 0 Å². The number of nitrogens with zero attached hydrogens (tertiary/aromatic N) is 2. The molecule has 0 N–H and O–H groups in total. The molecule has 1 atom stereocenters. The van der Waals surface area contributed by atoms with Crippen LogP contribution in [-0.4, -0.2) is 23.1 Å². The largest absolute Gasteiger partial charge is 0.353 e. The van der Waals surface area contributed by atoms with Crippen molar-refractivity contribution in [1.82, 2.24) is 9.47 Å². The van der Waals surface area contributed by atoms with E-state index >= 15 is 0 Å². The lowest BCUT2D eigenvalue weighted by Gasteiger charge is -2.32. The molecule has 0 spiro atoms. The number of hydrogen-bond donors (Lipinski definition) is 0. The first-order chi connectivity index (χ1) is 6.29. The van der Waals surface area contributed by atoms with Gasteiger partial charge < -0.3 is 4.57 Å². The van der Waals surface area contributed by atoms with Crippen LogP contribution in [0.1, 0.15) is 31.0 Å². The normalized spacial score (nSPS) is 24.9. The summed E-state index contributed by atoms with van der Waals surface area (Å²) in [5.74, 6) is 0. The average molecular weight is 178 g/mol. The number of likely N-dealkylation sites (tertiary alicyclic amines) is 1. The van der Waals surface area contributed by atoms with Crippen molar-refractivity contribution in [1.29, 1.82) is 0 Å². The van der Waals surface area contributed by atoms with Crippen molar-refractivity contribution >= 4 is 0 Å². The number of aromatic nitrogens is 1. The summed E-state index contributed by atoms with van der Waals surface area (Å²) in [4.78, 5) is 2.47. The van der Waals surface area contributed by atoms with Crippen molar-refractivity contribution in [2.75, 3.05) is 13.6 Å². The van der Waals surface area contributed by atoms with Gasteiger partial charge in [0, 0.05) is 25.0 Å². The highest BCUT2D eigenvalue weighted by atomic mass is 15.2. The molecule has 2 heteroatoms. The summed E-state index contributed by atoms with van der Waals surface area (Å²) in [7, 11) is 4.37. The first kappa shape index (κ1) is 8.82. The number of aryl methyl sites for hydroxylation is 1. The van der Waals surface area contributed by atoms with Crippen LogP contribution in [-0.2, 0) is 7.05 Å². The van der Waals surface area contributed by atoms with E-state index in [1.54, 1.807) is 0 Å². The molecular weight excluding hydrogens is 160 g/mol. The SMILES string of the molecule is CN1CCCCC1c1cccn1C. The lowest BCUT2D eigenvalue weighted by Crippen LogP contribution is -2.30. The van der Waals surface area contributed by atoms with E-state index in [1.807, 2.05) is 0 Å². The monoisotopic (exact) mass is 178 g/mol. The Kier molecular flexibility index (Phi) is 2.40. The second-order valence-electron chi connectivity index (χ2n) is 4.04. The summed E-state index contributed by atoms with van der Waals surface area (Å²) < 4.78 is 2.24. The Hall–Kier alpha value is -0.760. The molecule has 72 valence electrons. The van der Waals surface area contributed by atoms with Crippen LogP contribution in [0, 0.1) is 0 Å². The van der Waals surface area contributed by atoms with Gasteiger partial charge in [-0.1, -0.05) is 6.42 Å². The first-order valence-electron chi connectivity index (χ1n) is 5.10. The van der Waals surface area contributed by atoms with Crippen molar-refractivity contribution in [3.05, 3.63) is 24.0 Å². The zero-order valence-electron chi connectivity index (χ0n) is 8.53. The predicted octanol–water partition coefficient (Wildman–Crippen LogP) is 2.18. The van der Waals surface area contributed by atoms with Gasteiger partial charge in [-0.2, -0.15) is 0 Å². The summed E-state index contributed by atoms with van der Waals surface area (Å²) in [5, 5.41) is 0. The second kappa shape index (κ2) is 3.54. The highest BCUT2D eigenvalue weighted by molar-refractivity contribution is 5.12. The highest BCUT2D eigenvalue weighted by Gasteiger charge is 2.21. The smallest absolute Gasteiger partial charge is 0.0497 e. The van der Waals surface area contributed by atoms with Gasteiger partial charge in [-0.05, 0) is 38.6 Å². The topological polar surface area (TPSA) is 8.17 Å². The zero-order chi connectivity index (χ0) is 9.26. The van der Waals surface area contributed by atoms with Crippen LogP contribution in [0.3, 0.4) is 0 Å². The maximum atomic E-state index is 2.47. The lowest BCUT2D eigenvalue weighted by atomic mass is 10.0. The Balaban J connectivity index is 2.19. The number of piperidine rings is 1. The van der Waals surface area contributed by atoms with Crippen molar-refractivity contribution in [2.24, 2.45) is 7.05 Å². The third-order valence-electron chi connectivity index (χ3n) is 3.10. The molecule has 1 aliphatic rings. The van der Waals surface area contributed by atoms with Gasteiger partial charge in [-0.15, -0.1) is 0 Å². The molecule has 1 aliphatic heterocycles. The van der Waals surface area contributed by atoms with Gasteiger partial charge in [0.1, 0.15) is 0 Å². The van der Waals surface area contributed by atoms with Crippen LogP contribution in [0.15, 0.2) is 18.3 Å². The van der Waals surface area contributed by atoms with Gasteiger partial charge in [0.05, 0.1) is 0 Å². The first-order valence-corrected chi connectivity index (χ1v) is 5.10. The molecular formula is C11H18N2. The molecule has 1 fully saturated rings. The van der Waals surface area contributed by atoms with Gasteiger partial charge in [0.15, 0.2) is 0 Å². The summed E-state index contributed by atoms with van der Waals surface area (Å²) >= 11 is 0. The standard InChI is InChI=1S/C11H18N2/c1-12-8-4-3-6-10(12)11-7-5-9-13(11)2/h5,7,9-10H,3-4,6,8H2,1-2H3. The van der Waals surface area contributed by atoms with Crippen molar-refractivity contribution in [2.45, 2.75) is 25.3 Å². The summed E-state index contributed by atoms with van der Waals surface area (Å²) in [6.07, 6.45) is 6.18. The molecule has 1 saturated heterocycles. The minimum Gasteiger partial charge on any atom is -0.353 e.